The first kappa shape index (κ1) is 8.83. The topological polar surface area (TPSA) is 42.5 Å². The van der Waals surface area contributed by atoms with Crippen molar-refractivity contribution in [2.75, 3.05) is 25.2 Å². The zero-order chi connectivity index (χ0) is 8.81. The summed E-state index contributed by atoms with van der Waals surface area (Å²) < 4.78 is 0. The van der Waals surface area contributed by atoms with Gasteiger partial charge in [-0.1, -0.05) is 6.07 Å². The Morgan fingerprint density at radius 1 is 1.17 bits per heavy atom. The van der Waals surface area contributed by atoms with Crippen LogP contribution in [-0.2, 0) is 9.68 Å². The Morgan fingerprint density at radius 3 is 2.50 bits per heavy atom. The molecule has 12 heavy (non-hydrogen) atoms. The molecule has 0 spiro atoms. The van der Waals surface area contributed by atoms with Gasteiger partial charge in [-0.2, -0.15) is 0 Å². The van der Waals surface area contributed by atoms with E-state index in [1.807, 2.05) is 6.07 Å². The highest BCUT2D eigenvalue weighted by atomic mass is 16.6. The maximum absolute atomic E-state index is 4.76. The van der Waals surface area contributed by atoms with Crippen LogP contribution in [0.15, 0.2) is 18.2 Å². The second kappa shape index (κ2) is 4.58. The minimum atomic E-state index is 0.779. The smallest absolute Gasteiger partial charge is 0.0864 e. The van der Waals surface area contributed by atoms with Gasteiger partial charge in [-0.25, -0.2) is 0 Å². The maximum atomic E-state index is 4.76. The average Bonchev–Trinajstić information content (AvgIpc) is 2.09. The summed E-state index contributed by atoms with van der Waals surface area (Å²) in [7, 11) is 3.09. The number of benzene rings is 1. The van der Waals surface area contributed by atoms with Crippen molar-refractivity contribution < 1.29 is 9.68 Å². The van der Waals surface area contributed by atoms with E-state index in [2.05, 4.69) is 17.0 Å². The van der Waals surface area contributed by atoms with Crippen LogP contribution in [0.2, 0.25) is 0 Å². The summed E-state index contributed by atoms with van der Waals surface area (Å²) in [5.41, 5.74) is 6.97. The van der Waals surface area contributed by atoms with Crippen molar-refractivity contribution in [3.8, 4) is 0 Å². The largest absolute Gasteiger partial charge is 0.279 e. The fraction of sp³-hybridized carbons (Fsp3) is 0.250. The molecule has 4 nitrogen and oxygen atoms in total. The Hall–Kier alpha value is -1.26. The van der Waals surface area contributed by atoms with Crippen LogP contribution < -0.4 is 11.0 Å². The normalized spacial score (nSPS) is 9.50. The number of rotatable bonds is 4. The van der Waals surface area contributed by atoms with E-state index >= 15 is 0 Å². The molecule has 1 aromatic carbocycles. The van der Waals surface area contributed by atoms with Gasteiger partial charge in [0.05, 0.1) is 25.6 Å². The summed E-state index contributed by atoms with van der Waals surface area (Å²) in [5.74, 6) is 0. The second-order valence-electron chi connectivity index (χ2n) is 2.08. The fourth-order valence-electron chi connectivity index (χ4n) is 0.824. The molecule has 0 amide bonds. The molecule has 0 aromatic heterocycles. The van der Waals surface area contributed by atoms with Gasteiger partial charge in [0.25, 0.3) is 0 Å². The van der Waals surface area contributed by atoms with Gasteiger partial charge in [0.1, 0.15) is 0 Å². The molecule has 0 saturated carbocycles. The molecule has 2 N–H and O–H groups in total. The van der Waals surface area contributed by atoms with Crippen molar-refractivity contribution in [2.24, 2.45) is 0 Å². The maximum Gasteiger partial charge on any atom is 0.0864 e. The zero-order valence-electron chi connectivity index (χ0n) is 7.05. The molecule has 0 aliphatic rings. The average molecular weight is 167 g/mol. The quantitative estimate of drug-likeness (QED) is 0.666. The van der Waals surface area contributed by atoms with Gasteiger partial charge in [0, 0.05) is 0 Å². The lowest BCUT2D eigenvalue weighted by atomic mass is 10.3. The standard InChI is InChI=1S/C8H11N2O2/c1-11-9-7-5-3-4-6-8(7)10-12-2/h3,5-6,9-10H,1-2H3. The van der Waals surface area contributed by atoms with Crippen molar-refractivity contribution in [3.05, 3.63) is 24.3 Å². The van der Waals surface area contributed by atoms with Crippen LogP contribution in [0.25, 0.3) is 0 Å². The fourth-order valence-corrected chi connectivity index (χ4v) is 0.824. The molecule has 0 unspecified atom stereocenters. The number of hydrogen-bond acceptors (Lipinski definition) is 4. The summed E-state index contributed by atoms with van der Waals surface area (Å²) in [6.07, 6.45) is 0. The van der Waals surface area contributed by atoms with Crippen molar-refractivity contribution >= 4 is 11.4 Å². The molecular formula is C8H11N2O2. The molecule has 0 aliphatic heterocycles. The predicted molar refractivity (Wildman–Crippen MR) is 46.5 cm³/mol. The summed E-state index contributed by atoms with van der Waals surface area (Å²) in [6.45, 7) is 0. The number of hydrogen-bond donors (Lipinski definition) is 2. The molecule has 1 radical (unpaired) electrons. The zero-order valence-corrected chi connectivity index (χ0v) is 7.05. The lowest BCUT2D eigenvalue weighted by Crippen LogP contribution is -2.02. The van der Waals surface area contributed by atoms with Crippen molar-refractivity contribution in [1.82, 2.24) is 0 Å². The first-order valence-electron chi connectivity index (χ1n) is 3.46. The highest BCUT2D eigenvalue weighted by Crippen LogP contribution is 2.19. The molecule has 1 rings (SSSR count). The minimum Gasteiger partial charge on any atom is -0.279 e. The third-order valence-electron chi connectivity index (χ3n) is 1.29. The van der Waals surface area contributed by atoms with Crippen molar-refractivity contribution in [1.29, 1.82) is 0 Å². The van der Waals surface area contributed by atoms with Gasteiger partial charge in [0.2, 0.25) is 0 Å². The molecule has 0 heterocycles. The van der Waals surface area contributed by atoms with Gasteiger partial charge >= 0.3 is 0 Å². The number of anilines is 2. The molecule has 0 saturated heterocycles. The van der Waals surface area contributed by atoms with Crippen LogP contribution in [0.3, 0.4) is 0 Å². The van der Waals surface area contributed by atoms with Gasteiger partial charge in [-0.3, -0.25) is 20.6 Å². The molecule has 0 fully saturated rings. The van der Waals surface area contributed by atoms with Gasteiger partial charge in [0.15, 0.2) is 0 Å². The van der Waals surface area contributed by atoms with E-state index in [0.717, 1.165) is 11.4 Å². The van der Waals surface area contributed by atoms with Crippen LogP contribution in [-0.4, -0.2) is 14.2 Å². The monoisotopic (exact) mass is 167 g/mol. The first-order valence-corrected chi connectivity index (χ1v) is 3.46. The lowest BCUT2D eigenvalue weighted by molar-refractivity contribution is 0.263. The molecule has 65 valence electrons. The Kier molecular flexibility index (Phi) is 3.37. The molecular weight excluding hydrogens is 156 g/mol. The molecule has 4 heteroatoms. The summed E-state index contributed by atoms with van der Waals surface area (Å²) in [6, 6.07) is 8.27. The molecule has 1 aromatic rings. The summed E-state index contributed by atoms with van der Waals surface area (Å²) >= 11 is 0. The van der Waals surface area contributed by atoms with E-state index in [0.29, 0.717) is 0 Å². The Bertz CT molecular complexity index is 215. The van der Waals surface area contributed by atoms with Crippen molar-refractivity contribution in [2.45, 2.75) is 0 Å². The number of nitrogens with one attached hydrogen (secondary N) is 2. The first-order chi connectivity index (χ1) is 5.88. The van der Waals surface area contributed by atoms with E-state index in [1.54, 1.807) is 26.4 Å². The highest BCUT2D eigenvalue weighted by Gasteiger charge is 1.98. The van der Waals surface area contributed by atoms with Crippen molar-refractivity contribution in [3.63, 3.8) is 0 Å². The highest BCUT2D eigenvalue weighted by molar-refractivity contribution is 5.66. The van der Waals surface area contributed by atoms with Crippen LogP contribution >= 0.6 is 0 Å². The molecule has 0 aliphatic carbocycles. The van der Waals surface area contributed by atoms with E-state index in [-0.39, 0.29) is 0 Å². The van der Waals surface area contributed by atoms with E-state index in [9.17, 15) is 0 Å². The summed E-state index contributed by atoms with van der Waals surface area (Å²) in [5, 5.41) is 0. The Morgan fingerprint density at radius 2 is 1.83 bits per heavy atom. The van der Waals surface area contributed by atoms with Gasteiger partial charge < -0.3 is 0 Å². The Labute approximate surface area is 71.4 Å². The van der Waals surface area contributed by atoms with Crippen LogP contribution in [0, 0.1) is 6.07 Å². The minimum absolute atomic E-state index is 0.779. The lowest BCUT2D eigenvalue weighted by Gasteiger charge is -2.09. The third kappa shape index (κ3) is 2.11. The van der Waals surface area contributed by atoms with Crippen LogP contribution in [0.5, 0.6) is 0 Å². The second-order valence-corrected chi connectivity index (χ2v) is 2.08. The van der Waals surface area contributed by atoms with Crippen LogP contribution in [0.1, 0.15) is 0 Å². The SMILES string of the molecule is CONc1c[c]ccc1NOC. The van der Waals surface area contributed by atoms with Crippen LogP contribution in [0.4, 0.5) is 11.4 Å². The summed E-state index contributed by atoms with van der Waals surface area (Å²) in [4.78, 5) is 9.50. The Balaban J connectivity index is 2.77. The van der Waals surface area contributed by atoms with E-state index in [4.69, 9.17) is 9.68 Å². The molecule has 0 atom stereocenters. The predicted octanol–water partition coefficient (Wildman–Crippen LogP) is 1.43. The van der Waals surface area contributed by atoms with Gasteiger partial charge in [-0.15, -0.1) is 0 Å². The van der Waals surface area contributed by atoms with E-state index < -0.39 is 0 Å². The van der Waals surface area contributed by atoms with Gasteiger partial charge in [-0.05, 0) is 18.2 Å². The third-order valence-corrected chi connectivity index (χ3v) is 1.29. The van der Waals surface area contributed by atoms with E-state index in [1.165, 1.54) is 0 Å². The molecule has 0 bridgehead atoms.